The summed E-state index contributed by atoms with van der Waals surface area (Å²) in [5, 5.41) is 0. The predicted octanol–water partition coefficient (Wildman–Crippen LogP) is 2.83. The molecular formula is C18H19N3O. The highest BCUT2D eigenvalue weighted by Crippen LogP contribution is 2.17. The van der Waals surface area contributed by atoms with Crippen LogP contribution in [0.25, 0.3) is 5.69 Å². The van der Waals surface area contributed by atoms with Gasteiger partial charge >= 0.3 is 0 Å². The molecule has 3 rings (SSSR count). The number of benzene rings is 2. The maximum absolute atomic E-state index is 12.6. The molecule has 4 nitrogen and oxygen atoms in total. The minimum atomic E-state index is -0.135. The second-order valence-corrected chi connectivity index (χ2v) is 5.21. The third-order valence-electron chi connectivity index (χ3n) is 3.78. The van der Waals surface area contributed by atoms with E-state index in [9.17, 15) is 4.79 Å². The fourth-order valence-corrected chi connectivity index (χ4v) is 2.72. The van der Waals surface area contributed by atoms with Gasteiger partial charge in [-0.3, -0.25) is 9.48 Å². The average molecular weight is 293 g/mol. The molecule has 0 saturated heterocycles. The van der Waals surface area contributed by atoms with Crippen molar-refractivity contribution in [3.63, 3.8) is 0 Å². The van der Waals surface area contributed by atoms with Gasteiger partial charge in [-0.05, 0) is 24.1 Å². The molecular weight excluding hydrogens is 274 g/mol. The van der Waals surface area contributed by atoms with Gasteiger partial charge in [0.05, 0.1) is 17.9 Å². The molecule has 3 aromatic rings. The Morgan fingerprint density at radius 3 is 2.14 bits per heavy atom. The lowest BCUT2D eigenvalue weighted by atomic mass is 10.2. The number of nitrogens with two attached hydrogens (primary N) is 1. The number of hydrogen-bond donors (Lipinski definition) is 1. The number of hydrogen-bond acceptors (Lipinski definition) is 2. The highest BCUT2D eigenvalue weighted by atomic mass is 16.1. The largest absolute Gasteiger partial charge is 0.393 e. The van der Waals surface area contributed by atoms with Crippen LogP contribution in [0.2, 0.25) is 0 Å². The van der Waals surface area contributed by atoms with E-state index in [1.54, 1.807) is 4.68 Å². The van der Waals surface area contributed by atoms with Crippen LogP contribution in [-0.4, -0.2) is 9.36 Å². The van der Waals surface area contributed by atoms with E-state index < -0.39 is 0 Å². The van der Waals surface area contributed by atoms with E-state index >= 15 is 0 Å². The standard InChI is InChI=1S/C18H19N3O/c1-2-16-17(19)18(22)20(13-14-9-5-3-6-10-14)21(16)15-11-7-4-8-12-15/h3-12H,2,13,19H2,1H3. The fourth-order valence-electron chi connectivity index (χ4n) is 2.72. The summed E-state index contributed by atoms with van der Waals surface area (Å²) in [6, 6.07) is 19.8. The topological polar surface area (TPSA) is 53.0 Å². The Morgan fingerprint density at radius 1 is 0.955 bits per heavy atom. The predicted molar refractivity (Wildman–Crippen MR) is 89.4 cm³/mol. The first-order valence-corrected chi connectivity index (χ1v) is 7.42. The second-order valence-electron chi connectivity index (χ2n) is 5.21. The molecule has 0 spiro atoms. The van der Waals surface area contributed by atoms with Crippen LogP contribution in [0.1, 0.15) is 18.2 Å². The van der Waals surface area contributed by atoms with E-state index in [2.05, 4.69) is 0 Å². The van der Waals surface area contributed by atoms with Crippen LogP contribution in [0.15, 0.2) is 65.5 Å². The number of aromatic nitrogens is 2. The van der Waals surface area contributed by atoms with Crippen molar-refractivity contribution in [1.29, 1.82) is 0 Å². The first-order chi connectivity index (χ1) is 10.7. The molecule has 0 radical (unpaired) electrons. The molecule has 0 aliphatic rings. The van der Waals surface area contributed by atoms with Gasteiger partial charge in [-0.15, -0.1) is 0 Å². The Balaban J connectivity index is 2.19. The second kappa shape index (κ2) is 5.93. The highest BCUT2D eigenvalue weighted by Gasteiger charge is 2.17. The van der Waals surface area contributed by atoms with Gasteiger partial charge in [0.15, 0.2) is 0 Å². The molecule has 0 saturated carbocycles. The molecule has 0 bridgehead atoms. The molecule has 112 valence electrons. The Hall–Kier alpha value is -2.75. The Morgan fingerprint density at radius 2 is 1.55 bits per heavy atom. The highest BCUT2D eigenvalue weighted by molar-refractivity contribution is 5.47. The normalized spacial score (nSPS) is 10.8. The number of para-hydroxylation sites is 1. The van der Waals surface area contributed by atoms with Crippen molar-refractivity contribution < 1.29 is 0 Å². The van der Waals surface area contributed by atoms with Gasteiger partial charge in [-0.1, -0.05) is 55.5 Å². The van der Waals surface area contributed by atoms with Crippen molar-refractivity contribution in [2.75, 3.05) is 5.73 Å². The van der Waals surface area contributed by atoms with Crippen LogP contribution in [-0.2, 0) is 13.0 Å². The lowest BCUT2D eigenvalue weighted by molar-refractivity contribution is 0.571. The molecule has 22 heavy (non-hydrogen) atoms. The molecule has 0 unspecified atom stereocenters. The lowest BCUT2D eigenvalue weighted by Crippen LogP contribution is -2.24. The van der Waals surface area contributed by atoms with Gasteiger partial charge in [0.25, 0.3) is 5.56 Å². The molecule has 0 aliphatic heterocycles. The summed E-state index contributed by atoms with van der Waals surface area (Å²) in [5.74, 6) is 0. The van der Waals surface area contributed by atoms with E-state index in [1.165, 1.54) is 0 Å². The fraction of sp³-hybridized carbons (Fsp3) is 0.167. The van der Waals surface area contributed by atoms with Crippen molar-refractivity contribution in [2.45, 2.75) is 19.9 Å². The number of nitrogens with zero attached hydrogens (tertiary/aromatic N) is 2. The molecule has 0 fully saturated rings. The minimum Gasteiger partial charge on any atom is -0.393 e. The van der Waals surface area contributed by atoms with Crippen LogP contribution in [0.3, 0.4) is 0 Å². The summed E-state index contributed by atoms with van der Waals surface area (Å²) in [7, 11) is 0. The average Bonchev–Trinajstić information content (AvgIpc) is 2.81. The van der Waals surface area contributed by atoms with Gasteiger partial charge in [0.2, 0.25) is 0 Å². The maximum atomic E-state index is 12.6. The van der Waals surface area contributed by atoms with E-state index in [1.807, 2.05) is 72.3 Å². The maximum Gasteiger partial charge on any atom is 0.290 e. The van der Waals surface area contributed by atoms with Crippen LogP contribution in [0, 0.1) is 0 Å². The van der Waals surface area contributed by atoms with Gasteiger partial charge in [0.1, 0.15) is 5.69 Å². The summed E-state index contributed by atoms with van der Waals surface area (Å²) in [6.45, 7) is 2.51. The third-order valence-corrected chi connectivity index (χ3v) is 3.78. The smallest absolute Gasteiger partial charge is 0.290 e. The molecule has 0 amide bonds. The molecule has 1 heterocycles. The molecule has 2 aromatic carbocycles. The van der Waals surface area contributed by atoms with Crippen molar-refractivity contribution >= 4 is 5.69 Å². The van der Waals surface area contributed by atoms with Crippen molar-refractivity contribution in [3.8, 4) is 5.69 Å². The Kier molecular flexibility index (Phi) is 3.83. The number of rotatable bonds is 4. The third kappa shape index (κ3) is 2.44. The van der Waals surface area contributed by atoms with Crippen LogP contribution in [0.4, 0.5) is 5.69 Å². The van der Waals surface area contributed by atoms with Crippen LogP contribution < -0.4 is 11.3 Å². The van der Waals surface area contributed by atoms with E-state index in [-0.39, 0.29) is 5.56 Å². The van der Waals surface area contributed by atoms with E-state index in [4.69, 9.17) is 5.73 Å². The molecule has 4 heteroatoms. The van der Waals surface area contributed by atoms with Gasteiger partial charge < -0.3 is 5.73 Å². The van der Waals surface area contributed by atoms with Gasteiger partial charge in [-0.2, -0.15) is 0 Å². The molecule has 2 N–H and O–H groups in total. The van der Waals surface area contributed by atoms with Crippen LogP contribution >= 0.6 is 0 Å². The summed E-state index contributed by atoms with van der Waals surface area (Å²) in [5.41, 5.74) is 9.13. The molecule has 0 atom stereocenters. The summed E-state index contributed by atoms with van der Waals surface area (Å²) >= 11 is 0. The number of nitrogen functional groups attached to an aromatic ring is 1. The van der Waals surface area contributed by atoms with Crippen LogP contribution in [0.5, 0.6) is 0 Å². The van der Waals surface area contributed by atoms with Crippen molar-refractivity contribution in [2.24, 2.45) is 0 Å². The Labute approximate surface area is 129 Å². The van der Waals surface area contributed by atoms with Crippen molar-refractivity contribution in [1.82, 2.24) is 9.36 Å². The Bertz CT molecular complexity index is 817. The zero-order valence-electron chi connectivity index (χ0n) is 12.6. The lowest BCUT2D eigenvalue weighted by Gasteiger charge is -2.14. The van der Waals surface area contributed by atoms with Crippen molar-refractivity contribution in [3.05, 3.63) is 82.3 Å². The number of anilines is 1. The minimum absolute atomic E-state index is 0.135. The zero-order valence-corrected chi connectivity index (χ0v) is 12.6. The molecule has 1 aromatic heterocycles. The zero-order chi connectivity index (χ0) is 15.5. The summed E-state index contributed by atoms with van der Waals surface area (Å²) in [6.07, 6.45) is 0.706. The van der Waals surface area contributed by atoms with Gasteiger partial charge in [-0.25, -0.2) is 4.68 Å². The summed E-state index contributed by atoms with van der Waals surface area (Å²) < 4.78 is 3.64. The summed E-state index contributed by atoms with van der Waals surface area (Å²) in [4.78, 5) is 12.6. The molecule has 0 aliphatic carbocycles. The van der Waals surface area contributed by atoms with E-state index in [0.29, 0.717) is 18.7 Å². The monoisotopic (exact) mass is 293 g/mol. The quantitative estimate of drug-likeness (QED) is 0.804. The first-order valence-electron chi connectivity index (χ1n) is 7.42. The first kappa shape index (κ1) is 14.2. The van der Waals surface area contributed by atoms with E-state index in [0.717, 1.165) is 16.9 Å². The SMILES string of the molecule is CCc1c(N)c(=O)n(Cc2ccccc2)n1-c1ccccc1. The van der Waals surface area contributed by atoms with Gasteiger partial charge in [0, 0.05) is 0 Å².